The molecule has 1 rings (SSSR count). The first-order chi connectivity index (χ1) is 8.68. The summed E-state index contributed by atoms with van der Waals surface area (Å²) in [7, 11) is -3.43. The number of aliphatic hydroxyl groups is 1. The fourth-order valence-electron chi connectivity index (χ4n) is 2.84. The Balaban J connectivity index is 2.80. The van der Waals surface area contributed by atoms with Crippen LogP contribution in [0.1, 0.15) is 60.3 Å². The number of rotatable bonds is 5. The Morgan fingerprint density at radius 2 is 1.58 bits per heavy atom. The van der Waals surface area contributed by atoms with Crippen LogP contribution in [0.15, 0.2) is 0 Å². The quantitative estimate of drug-likeness (QED) is 0.772. The molecule has 0 saturated heterocycles. The maximum atomic E-state index is 12.8. The van der Waals surface area contributed by atoms with Gasteiger partial charge in [-0.1, -0.05) is 20.8 Å². The summed E-state index contributed by atoms with van der Waals surface area (Å²) >= 11 is 0. The summed E-state index contributed by atoms with van der Waals surface area (Å²) in [5.74, 6) is 0.546. The lowest BCUT2D eigenvalue weighted by Crippen LogP contribution is -2.38. The van der Waals surface area contributed by atoms with Gasteiger partial charge in [0.2, 0.25) is 0 Å². The molecule has 19 heavy (non-hydrogen) atoms. The standard InChI is InChI=1S/C14H29O4P/c1-6-17-19(16,18-7-2)14(15)10-8-12(9-11-14)13(3,4)5/h12,15H,6-11H2,1-5H3. The van der Waals surface area contributed by atoms with Gasteiger partial charge in [0.1, 0.15) is 0 Å². The lowest BCUT2D eigenvalue weighted by molar-refractivity contribution is 0.00801. The summed E-state index contributed by atoms with van der Waals surface area (Å²) in [6.07, 6.45) is 2.71. The molecule has 0 aliphatic heterocycles. The third-order valence-electron chi connectivity index (χ3n) is 4.12. The molecule has 0 heterocycles. The van der Waals surface area contributed by atoms with Crippen LogP contribution in [0.3, 0.4) is 0 Å². The Labute approximate surface area is 117 Å². The maximum Gasteiger partial charge on any atom is 0.361 e. The van der Waals surface area contributed by atoms with Crippen molar-refractivity contribution in [3.8, 4) is 0 Å². The normalized spacial score (nSPS) is 29.5. The fourth-order valence-corrected chi connectivity index (χ4v) is 4.88. The van der Waals surface area contributed by atoms with Gasteiger partial charge in [-0.3, -0.25) is 4.57 Å². The number of hydrogen-bond donors (Lipinski definition) is 1. The van der Waals surface area contributed by atoms with E-state index >= 15 is 0 Å². The summed E-state index contributed by atoms with van der Waals surface area (Å²) in [4.78, 5) is 0. The summed E-state index contributed by atoms with van der Waals surface area (Å²) in [5.41, 5.74) is 0.225. The Morgan fingerprint density at radius 3 is 1.89 bits per heavy atom. The van der Waals surface area contributed by atoms with Crippen molar-refractivity contribution in [2.75, 3.05) is 13.2 Å². The van der Waals surface area contributed by atoms with E-state index in [2.05, 4.69) is 20.8 Å². The van der Waals surface area contributed by atoms with Crippen molar-refractivity contribution in [1.82, 2.24) is 0 Å². The van der Waals surface area contributed by atoms with Gasteiger partial charge in [0.05, 0.1) is 13.2 Å². The topological polar surface area (TPSA) is 55.8 Å². The molecule has 1 fully saturated rings. The van der Waals surface area contributed by atoms with Crippen molar-refractivity contribution in [3.63, 3.8) is 0 Å². The van der Waals surface area contributed by atoms with Gasteiger partial charge in [0.25, 0.3) is 0 Å². The van der Waals surface area contributed by atoms with Crippen molar-refractivity contribution in [1.29, 1.82) is 0 Å². The highest BCUT2D eigenvalue weighted by molar-refractivity contribution is 7.55. The molecule has 0 atom stereocenters. The Kier molecular flexibility index (Phi) is 5.65. The zero-order valence-corrected chi connectivity index (χ0v) is 13.8. The van der Waals surface area contributed by atoms with E-state index in [0.717, 1.165) is 12.8 Å². The molecule has 0 radical (unpaired) electrons. The van der Waals surface area contributed by atoms with Gasteiger partial charge in [-0.2, -0.15) is 0 Å². The predicted octanol–water partition coefficient (Wildman–Crippen LogP) is 4.18. The second kappa shape index (κ2) is 6.26. The maximum absolute atomic E-state index is 12.8. The molecule has 1 N–H and O–H groups in total. The first-order valence-corrected chi connectivity index (χ1v) is 8.84. The molecule has 5 heteroatoms. The van der Waals surface area contributed by atoms with Gasteiger partial charge >= 0.3 is 7.60 Å². The van der Waals surface area contributed by atoms with E-state index in [1.54, 1.807) is 13.8 Å². The zero-order chi connectivity index (χ0) is 14.7. The lowest BCUT2D eigenvalue weighted by atomic mass is 9.71. The van der Waals surface area contributed by atoms with Crippen LogP contribution in [0.4, 0.5) is 0 Å². The van der Waals surface area contributed by atoms with Crippen LogP contribution in [0, 0.1) is 11.3 Å². The molecule has 1 aliphatic carbocycles. The van der Waals surface area contributed by atoms with Gasteiger partial charge in [-0.05, 0) is 50.9 Å². The third-order valence-corrected chi connectivity index (χ3v) is 6.78. The first-order valence-electron chi connectivity index (χ1n) is 7.30. The molecule has 0 unspecified atom stereocenters. The largest absolute Gasteiger partial charge is 0.377 e. The molecule has 0 bridgehead atoms. The van der Waals surface area contributed by atoms with E-state index < -0.39 is 12.9 Å². The molecule has 1 saturated carbocycles. The summed E-state index contributed by atoms with van der Waals surface area (Å²) in [5, 5.41) is 9.42. The average molecular weight is 292 g/mol. The summed E-state index contributed by atoms with van der Waals surface area (Å²) in [6, 6.07) is 0. The van der Waals surface area contributed by atoms with Gasteiger partial charge in [-0.15, -0.1) is 0 Å². The molecule has 0 aromatic carbocycles. The van der Waals surface area contributed by atoms with Gasteiger partial charge in [0.15, 0.2) is 5.34 Å². The van der Waals surface area contributed by atoms with Crippen LogP contribution in [0.5, 0.6) is 0 Å². The lowest BCUT2D eigenvalue weighted by Gasteiger charge is -2.43. The molecule has 4 nitrogen and oxygen atoms in total. The van der Waals surface area contributed by atoms with Gasteiger partial charge in [-0.25, -0.2) is 0 Å². The van der Waals surface area contributed by atoms with E-state index in [4.69, 9.17) is 9.05 Å². The van der Waals surface area contributed by atoms with Crippen molar-refractivity contribution >= 4 is 7.60 Å². The van der Waals surface area contributed by atoms with E-state index in [1.807, 2.05) is 0 Å². The van der Waals surface area contributed by atoms with Crippen LogP contribution >= 0.6 is 7.60 Å². The van der Waals surface area contributed by atoms with Crippen molar-refractivity contribution in [3.05, 3.63) is 0 Å². The first kappa shape index (κ1) is 17.2. The SMILES string of the molecule is CCOP(=O)(OCC)C1(O)CCC(C(C)(C)C)CC1. The Hall–Kier alpha value is 0.110. The highest BCUT2D eigenvalue weighted by Gasteiger charge is 2.52. The second-order valence-electron chi connectivity index (χ2n) is 6.46. The van der Waals surface area contributed by atoms with Crippen LogP contribution < -0.4 is 0 Å². The van der Waals surface area contributed by atoms with Crippen LogP contribution in [-0.4, -0.2) is 23.7 Å². The molecule has 114 valence electrons. The minimum Gasteiger partial charge on any atom is -0.377 e. The molecular formula is C14H29O4P. The minimum atomic E-state index is -3.43. The van der Waals surface area contributed by atoms with E-state index in [-0.39, 0.29) is 5.41 Å². The fraction of sp³-hybridized carbons (Fsp3) is 1.00. The highest BCUT2D eigenvalue weighted by Crippen LogP contribution is 2.64. The van der Waals surface area contributed by atoms with Crippen molar-refractivity contribution in [2.45, 2.75) is 65.6 Å². The van der Waals surface area contributed by atoms with Crippen LogP contribution in [-0.2, 0) is 13.6 Å². The predicted molar refractivity (Wildman–Crippen MR) is 77.2 cm³/mol. The number of hydrogen-bond acceptors (Lipinski definition) is 4. The molecule has 0 aromatic heterocycles. The smallest absolute Gasteiger partial charge is 0.361 e. The van der Waals surface area contributed by atoms with E-state index in [0.29, 0.717) is 32.0 Å². The summed E-state index contributed by atoms with van der Waals surface area (Å²) < 4.78 is 23.4. The van der Waals surface area contributed by atoms with Crippen LogP contribution in [0.25, 0.3) is 0 Å². The van der Waals surface area contributed by atoms with Crippen molar-refractivity contribution < 1.29 is 18.7 Å². The molecule has 1 aliphatic rings. The second-order valence-corrected chi connectivity index (χ2v) is 8.80. The molecule has 0 amide bonds. The van der Waals surface area contributed by atoms with Gasteiger partial charge < -0.3 is 14.2 Å². The molecule has 0 aromatic rings. The van der Waals surface area contributed by atoms with E-state index in [1.165, 1.54) is 0 Å². The minimum absolute atomic E-state index is 0.225. The summed E-state index contributed by atoms with van der Waals surface area (Å²) in [6.45, 7) is 10.8. The van der Waals surface area contributed by atoms with E-state index in [9.17, 15) is 9.67 Å². The van der Waals surface area contributed by atoms with Crippen LogP contribution in [0.2, 0.25) is 0 Å². The monoisotopic (exact) mass is 292 g/mol. The zero-order valence-electron chi connectivity index (χ0n) is 12.9. The molecular weight excluding hydrogens is 263 g/mol. The van der Waals surface area contributed by atoms with Gasteiger partial charge in [0, 0.05) is 0 Å². The Bertz CT molecular complexity index is 317. The Morgan fingerprint density at radius 1 is 1.16 bits per heavy atom. The average Bonchev–Trinajstić information content (AvgIpc) is 2.28. The third kappa shape index (κ3) is 3.81. The van der Waals surface area contributed by atoms with Crippen molar-refractivity contribution in [2.24, 2.45) is 11.3 Å². The highest BCUT2D eigenvalue weighted by atomic mass is 31.2. The molecule has 0 spiro atoms.